The molecule has 0 N–H and O–H groups in total. The van der Waals surface area contributed by atoms with E-state index in [4.69, 9.17) is 0 Å². The van der Waals surface area contributed by atoms with E-state index in [0.717, 1.165) is 11.3 Å². The van der Waals surface area contributed by atoms with Gasteiger partial charge in [-0.1, -0.05) is 18.3 Å². The molecule has 4 heteroatoms. The minimum absolute atomic E-state index is 0. The quantitative estimate of drug-likeness (QED) is 0.617. The van der Waals surface area contributed by atoms with Crippen LogP contribution >= 0.6 is 0 Å². The smallest absolute Gasteiger partial charge is 0.0535 e. The van der Waals surface area contributed by atoms with E-state index >= 15 is 0 Å². The predicted molar refractivity (Wildman–Crippen MR) is 36.6 cm³/mol. The van der Waals surface area contributed by atoms with Gasteiger partial charge < -0.3 is 9.50 Å². The van der Waals surface area contributed by atoms with Gasteiger partial charge in [0.1, 0.15) is 0 Å². The van der Waals surface area contributed by atoms with Gasteiger partial charge in [-0.05, 0) is 12.6 Å². The van der Waals surface area contributed by atoms with Gasteiger partial charge in [0.15, 0.2) is 0 Å². The van der Waals surface area contributed by atoms with Gasteiger partial charge in [0.25, 0.3) is 0 Å². The molecule has 0 spiro atoms. The van der Waals surface area contributed by atoms with Crippen LogP contribution in [0.25, 0.3) is 5.65 Å². The molecule has 1 radical (unpaired) electrons. The molecule has 3 nitrogen and oxygen atoms in total. The van der Waals surface area contributed by atoms with E-state index in [1.54, 1.807) is 10.7 Å². The normalized spacial score (nSPS) is 9.55. The molecule has 2 heterocycles. The molecule has 0 aliphatic heterocycles. The summed E-state index contributed by atoms with van der Waals surface area (Å²) >= 11 is 0. The van der Waals surface area contributed by atoms with Crippen LogP contribution in [0.4, 0.5) is 0 Å². The van der Waals surface area contributed by atoms with E-state index in [1.165, 1.54) is 0 Å². The zero-order valence-corrected chi connectivity index (χ0v) is 8.99. The number of hydrogen-bond acceptors (Lipinski definition) is 2. The van der Waals surface area contributed by atoms with Crippen LogP contribution in [0.5, 0.6) is 0 Å². The molecular formula is C7H6N3Y-. The molecule has 2 rings (SSSR count). The van der Waals surface area contributed by atoms with Gasteiger partial charge >= 0.3 is 0 Å². The molecule has 0 aromatic carbocycles. The van der Waals surface area contributed by atoms with Gasteiger partial charge in [-0.25, -0.2) is 5.10 Å². The van der Waals surface area contributed by atoms with Crippen LogP contribution in [0.15, 0.2) is 18.3 Å². The molecular weight excluding hydrogens is 215 g/mol. The molecule has 2 aromatic rings. The minimum atomic E-state index is 0. The summed E-state index contributed by atoms with van der Waals surface area (Å²) in [6, 6.07) is 3.84. The number of aromatic nitrogens is 3. The molecule has 0 fully saturated rings. The Morgan fingerprint density at radius 2 is 2.27 bits per heavy atom. The van der Waals surface area contributed by atoms with Crippen LogP contribution in [0.3, 0.4) is 0 Å². The first-order valence-corrected chi connectivity index (χ1v) is 3.05. The molecule has 0 saturated heterocycles. The van der Waals surface area contributed by atoms with Crippen molar-refractivity contribution in [1.29, 1.82) is 0 Å². The maximum absolute atomic E-state index is 4.13. The van der Waals surface area contributed by atoms with E-state index < -0.39 is 0 Å². The zero-order valence-electron chi connectivity index (χ0n) is 6.15. The largest absolute Gasteiger partial charge is 0.386 e. The van der Waals surface area contributed by atoms with Gasteiger partial charge in [-0.3, -0.25) is 0 Å². The molecule has 0 amide bonds. The Kier molecular flexibility index (Phi) is 2.74. The fourth-order valence-corrected chi connectivity index (χ4v) is 0.850. The summed E-state index contributed by atoms with van der Waals surface area (Å²) < 4.78 is 1.63. The molecule has 0 aliphatic rings. The average Bonchev–Trinajstić information content (AvgIpc) is 2.33. The van der Waals surface area contributed by atoms with Crippen LogP contribution in [0, 0.1) is 13.1 Å². The second-order valence-corrected chi connectivity index (χ2v) is 2.13. The third-order valence-corrected chi connectivity index (χ3v) is 1.33. The van der Waals surface area contributed by atoms with Crippen molar-refractivity contribution in [3.05, 3.63) is 30.2 Å². The molecule has 0 unspecified atom stereocenters. The number of aryl methyl sites for hydroxylation is 1. The molecule has 0 aliphatic carbocycles. The first-order chi connectivity index (χ1) is 4.86. The standard InChI is InChI=1S/C7H6N3.Y/c1-6-2-3-7-8-4-5-10(7)9-6;/h2-4H,1H3;/q-1;. The van der Waals surface area contributed by atoms with Crippen molar-refractivity contribution in [1.82, 2.24) is 14.6 Å². The summed E-state index contributed by atoms with van der Waals surface area (Å²) in [6.07, 6.45) is 4.47. The zero-order chi connectivity index (χ0) is 6.97. The molecule has 53 valence electrons. The van der Waals surface area contributed by atoms with Crippen molar-refractivity contribution in [2.24, 2.45) is 0 Å². The van der Waals surface area contributed by atoms with E-state index in [0.29, 0.717) is 0 Å². The van der Waals surface area contributed by atoms with Crippen LogP contribution < -0.4 is 0 Å². The van der Waals surface area contributed by atoms with Crippen LogP contribution in [-0.2, 0) is 32.7 Å². The number of hydrogen-bond donors (Lipinski definition) is 0. The van der Waals surface area contributed by atoms with Gasteiger partial charge in [0.2, 0.25) is 0 Å². The summed E-state index contributed by atoms with van der Waals surface area (Å²) in [7, 11) is 0. The Morgan fingerprint density at radius 1 is 1.45 bits per heavy atom. The van der Waals surface area contributed by atoms with Gasteiger partial charge in [-0.15, -0.1) is 6.20 Å². The Bertz CT molecular complexity index is 355. The predicted octanol–water partition coefficient (Wildman–Crippen LogP) is 0.835. The summed E-state index contributed by atoms with van der Waals surface area (Å²) in [6.45, 7) is 1.94. The van der Waals surface area contributed by atoms with Crippen LogP contribution in [0.1, 0.15) is 5.69 Å². The Balaban J connectivity index is 0.000000605. The van der Waals surface area contributed by atoms with Gasteiger partial charge in [-0.2, -0.15) is 0 Å². The van der Waals surface area contributed by atoms with Crippen LogP contribution in [-0.4, -0.2) is 14.6 Å². The summed E-state index contributed by atoms with van der Waals surface area (Å²) in [5.74, 6) is 0. The van der Waals surface area contributed by atoms with Crippen molar-refractivity contribution >= 4 is 5.65 Å². The van der Waals surface area contributed by atoms with Crippen molar-refractivity contribution in [2.75, 3.05) is 0 Å². The second kappa shape index (κ2) is 3.41. The molecule has 0 bridgehead atoms. The minimum Gasteiger partial charge on any atom is -0.386 e. The SMILES string of the molecule is Cc1ccc2nc[c-]n2n1.[Y]. The topological polar surface area (TPSA) is 30.2 Å². The third-order valence-electron chi connectivity index (χ3n) is 1.33. The summed E-state index contributed by atoms with van der Waals surface area (Å²) in [4.78, 5) is 4.00. The number of fused-ring (bicyclic) bond motifs is 1. The molecule has 11 heavy (non-hydrogen) atoms. The monoisotopic (exact) mass is 221 g/mol. The Morgan fingerprint density at radius 3 is 3.09 bits per heavy atom. The van der Waals surface area contributed by atoms with E-state index in [2.05, 4.69) is 16.3 Å². The van der Waals surface area contributed by atoms with E-state index in [9.17, 15) is 0 Å². The first kappa shape index (κ1) is 8.82. The Labute approximate surface area is 89.7 Å². The summed E-state index contributed by atoms with van der Waals surface area (Å²) in [5.41, 5.74) is 1.81. The first-order valence-electron chi connectivity index (χ1n) is 3.05. The van der Waals surface area contributed by atoms with E-state index in [1.807, 2.05) is 19.1 Å². The van der Waals surface area contributed by atoms with Crippen molar-refractivity contribution < 1.29 is 32.7 Å². The average molecular weight is 221 g/mol. The number of nitrogens with zero attached hydrogens (tertiary/aromatic N) is 3. The third kappa shape index (κ3) is 1.65. The van der Waals surface area contributed by atoms with Gasteiger partial charge in [0.05, 0.1) is 5.69 Å². The maximum atomic E-state index is 4.13. The van der Waals surface area contributed by atoms with Gasteiger partial charge in [0, 0.05) is 32.7 Å². The second-order valence-electron chi connectivity index (χ2n) is 2.13. The fourth-order valence-electron chi connectivity index (χ4n) is 0.850. The number of rotatable bonds is 0. The van der Waals surface area contributed by atoms with Crippen molar-refractivity contribution in [2.45, 2.75) is 6.92 Å². The van der Waals surface area contributed by atoms with Crippen LogP contribution in [0.2, 0.25) is 0 Å². The maximum Gasteiger partial charge on any atom is 0.0535 e. The fraction of sp³-hybridized carbons (Fsp3) is 0.143. The number of imidazole rings is 1. The summed E-state index contributed by atoms with van der Waals surface area (Å²) in [5, 5.41) is 4.13. The van der Waals surface area contributed by atoms with E-state index in [-0.39, 0.29) is 32.7 Å². The van der Waals surface area contributed by atoms with Crippen molar-refractivity contribution in [3.63, 3.8) is 0 Å². The Hall–Kier alpha value is -0.276. The molecule has 0 atom stereocenters. The van der Waals surface area contributed by atoms with Crippen molar-refractivity contribution in [3.8, 4) is 0 Å². The molecule has 0 saturated carbocycles. The molecule has 2 aromatic heterocycles.